The van der Waals surface area contributed by atoms with E-state index in [2.05, 4.69) is 24.1 Å². The summed E-state index contributed by atoms with van der Waals surface area (Å²) in [6.07, 6.45) is 3.67. The van der Waals surface area contributed by atoms with Gasteiger partial charge in [-0.05, 0) is 57.7 Å². The van der Waals surface area contributed by atoms with E-state index in [0.717, 1.165) is 12.5 Å². The van der Waals surface area contributed by atoms with Gasteiger partial charge in [-0.3, -0.25) is 4.79 Å². The van der Waals surface area contributed by atoms with Gasteiger partial charge in [0.1, 0.15) is 0 Å². The summed E-state index contributed by atoms with van der Waals surface area (Å²) in [7, 11) is 0. The van der Waals surface area contributed by atoms with Crippen molar-refractivity contribution in [3.05, 3.63) is 0 Å². The van der Waals surface area contributed by atoms with Crippen LogP contribution in [0.25, 0.3) is 0 Å². The summed E-state index contributed by atoms with van der Waals surface area (Å²) >= 11 is 0. The minimum Gasteiger partial charge on any atom is -0.354 e. The second kappa shape index (κ2) is 7.74. The number of nitrogens with one attached hydrogen (secondary N) is 1. The summed E-state index contributed by atoms with van der Waals surface area (Å²) in [4.78, 5) is 13.9. The van der Waals surface area contributed by atoms with Crippen LogP contribution in [0.5, 0.6) is 0 Å². The minimum absolute atomic E-state index is 0.0303. The number of carbonyl (C=O) groups excluding carboxylic acids is 1. The summed E-state index contributed by atoms with van der Waals surface area (Å²) in [5.41, 5.74) is 5.52. The second-order valence-corrected chi connectivity index (χ2v) is 6.00. The van der Waals surface area contributed by atoms with Crippen molar-refractivity contribution < 1.29 is 4.79 Å². The molecule has 4 heteroatoms. The lowest BCUT2D eigenvalue weighted by atomic mass is 9.96. The van der Waals surface area contributed by atoms with Crippen LogP contribution in [0.4, 0.5) is 0 Å². The highest BCUT2D eigenvalue weighted by Crippen LogP contribution is 2.17. The Hall–Kier alpha value is -0.610. The maximum atomic E-state index is 11.4. The molecule has 4 nitrogen and oxygen atoms in total. The maximum absolute atomic E-state index is 11.4. The van der Waals surface area contributed by atoms with Gasteiger partial charge in [0.15, 0.2) is 0 Å². The van der Waals surface area contributed by atoms with Crippen LogP contribution in [0, 0.1) is 11.8 Å². The Labute approximate surface area is 111 Å². The fourth-order valence-electron chi connectivity index (χ4n) is 2.26. The van der Waals surface area contributed by atoms with Crippen molar-refractivity contribution in [2.24, 2.45) is 17.6 Å². The van der Waals surface area contributed by atoms with Crippen LogP contribution in [0.2, 0.25) is 0 Å². The number of hydrogen-bond acceptors (Lipinski definition) is 3. The molecule has 1 amide bonds. The predicted molar refractivity (Wildman–Crippen MR) is 75.3 cm³/mol. The van der Waals surface area contributed by atoms with Crippen LogP contribution in [0.15, 0.2) is 0 Å². The first kappa shape index (κ1) is 15.4. The number of nitrogens with two attached hydrogens (primary N) is 1. The molecular weight excluding hydrogens is 226 g/mol. The first-order chi connectivity index (χ1) is 8.49. The lowest BCUT2D eigenvalue weighted by Gasteiger charge is -2.32. The van der Waals surface area contributed by atoms with Crippen molar-refractivity contribution in [1.82, 2.24) is 10.2 Å². The molecule has 0 aromatic carbocycles. The Kier molecular flexibility index (Phi) is 6.65. The fraction of sp³-hybridized carbons (Fsp3) is 0.929. The van der Waals surface area contributed by atoms with Crippen LogP contribution in [0.3, 0.4) is 0 Å². The van der Waals surface area contributed by atoms with Crippen molar-refractivity contribution in [2.75, 3.05) is 26.2 Å². The van der Waals surface area contributed by atoms with E-state index in [-0.39, 0.29) is 5.91 Å². The number of piperidine rings is 1. The van der Waals surface area contributed by atoms with Crippen molar-refractivity contribution in [3.63, 3.8) is 0 Å². The molecule has 0 aliphatic carbocycles. The molecular formula is C14H29N3O. The largest absolute Gasteiger partial charge is 0.354 e. The summed E-state index contributed by atoms with van der Waals surface area (Å²) < 4.78 is 0. The highest BCUT2D eigenvalue weighted by Gasteiger charge is 2.19. The maximum Gasteiger partial charge on any atom is 0.236 e. The molecule has 1 heterocycles. The van der Waals surface area contributed by atoms with Gasteiger partial charge >= 0.3 is 0 Å². The summed E-state index contributed by atoms with van der Waals surface area (Å²) in [6.45, 7) is 10.6. The molecule has 0 saturated carbocycles. The molecule has 1 saturated heterocycles. The lowest BCUT2D eigenvalue weighted by molar-refractivity contribution is -0.122. The van der Waals surface area contributed by atoms with Crippen LogP contribution in [-0.4, -0.2) is 43.0 Å². The van der Waals surface area contributed by atoms with E-state index in [1.54, 1.807) is 6.92 Å². The zero-order valence-electron chi connectivity index (χ0n) is 12.1. The van der Waals surface area contributed by atoms with Crippen molar-refractivity contribution in [1.29, 1.82) is 0 Å². The van der Waals surface area contributed by atoms with Crippen molar-refractivity contribution in [3.8, 4) is 0 Å². The second-order valence-electron chi connectivity index (χ2n) is 6.00. The normalized spacial score (nSPS) is 20.1. The first-order valence-electron chi connectivity index (χ1n) is 7.24. The van der Waals surface area contributed by atoms with Crippen LogP contribution < -0.4 is 11.1 Å². The van der Waals surface area contributed by atoms with E-state index < -0.39 is 6.04 Å². The SMILES string of the molecule is CC(C)CCN1CCC(CNC(=O)C(C)N)CC1. The van der Waals surface area contributed by atoms with Gasteiger partial charge in [0, 0.05) is 6.54 Å². The molecule has 1 atom stereocenters. The third kappa shape index (κ3) is 5.83. The molecule has 3 N–H and O–H groups in total. The van der Waals surface area contributed by atoms with Gasteiger partial charge in [-0.15, -0.1) is 0 Å². The van der Waals surface area contributed by atoms with Gasteiger partial charge in [-0.25, -0.2) is 0 Å². The molecule has 1 rings (SSSR count). The molecule has 1 aliphatic heterocycles. The van der Waals surface area contributed by atoms with E-state index in [1.165, 1.54) is 38.9 Å². The summed E-state index contributed by atoms with van der Waals surface area (Å²) in [6, 6.07) is -0.392. The first-order valence-corrected chi connectivity index (χ1v) is 7.24. The predicted octanol–water partition coefficient (Wildman–Crippen LogP) is 1.21. The van der Waals surface area contributed by atoms with Gasteiger partial charge in [0.2, 0.25) is 5.91 Å². The molecule has 0 aromatic rings. The average Bonchev–Trinajstić information content (AvgIpc) is 2.34. The smallest absolute Gasteiger partial charge is 0.236 e. The van der Waals surface area contributed by atoms with E-state index in [1.807, 2.05) is 0 Å². The minimum atomic E-state index is -0.392. The molecule has 106 valence electrons. The van der Waals surface area contributed by atoms with Gasteiger partial charge in [0.25, 0.3) is 0 Å². The van der Waals surface area contributed by atoms with Crippen LogP contribution in [-0.2, 0) is 4.79 Å². The molecule has 18 heavy (non-hydrogen) atoms. The number of amides is 1. The average molecular weight is 255 g/mol. The third-order valence-electron chi connectivity index (χ3n) is 3.71. The zero-order chi connectivity index (χ0) is 13.5. The Morgan fingerprint density at radius 2 is 1.94 bits per heavy atom. The molecule has 1 aliphatic rings. The molecule has 0 aromatic heterocycles. The lowest BCUT2D eigenvalue weighted by Crippen LogP contribution is -2.43. The number of nitrogens with zero attached hydrogens (tertiary/aromatic N) is 1. The number of carbonyl (C=O) groups is 1. The quantitative estimate of drug-likeness (QED) is 0.750. The van der Waals surface area contributed by atoms with Gasteiger partial charge in [-0.1, -0.05) is 13.8 Å². The Morgan fingerprint density at radius 3 is 2.44 bits per heavy atom. The van der Waals surface area contributed by atoms with E-state index in [9.17, 15) is 4.79 Å². The zero-order valence-corrected chi connectivity index (χ0v) is 12.1. The monoisotopic (exact) mass is 255 g/mol. The molecule has 1 fully saturated rings. The fourth-order valence-corrected chi connectivity index (χ4v) is 2.26. The Bertz CT molecular complexity index is 245. The molecule has 0 radical (unpaired) electrons. The van der Waals surface area contributed by atoms with E-state index in [4.69, 9.17) is 5.73 Å². The Balaban J connectivity index is 2.13. The van der Waals surface area contributed by atoms with Crippen molar-refractivity contribution in [2.45, 2.75) is 46.1 Å². The number of likely N-dealkylation sites (tertiary alicyclic amines) is 1. The third-order valence-corrected chi connectivity index (χ3v) is 3.71. The molecule has 0 spiro atoms. The molecule has 0 bridgehead atoms. The summed E-state index contributed by atoms with van der Waals surface area (Å²) in [5.74, 6) is 1.38. The van der Waals surface area contributed by atoms with Gasteiger partial charge < -0.3 is 16.0 Å². The van der Waals surface area contributed by atoms with Crippen LogP contribution in [0.1, 0.15) is 40.0 Å². The van der Waals surface area contributed by atoms with Gasteiger partial charge in [0.05, 0.1) is 6.04 Å². The van der Waals surface area contributed by atoms with Crippen molar-refractivity contribution >= 4 is 5.91 Å². The topological polar surface area (TPSA) is 58.4 Å². The number of rotatable bonds is 6. The molecule has 1 unspecified atom stereocenters. The van der Waals surface area contributed by atoms with E-state index >= 15 is 0 Å². The highest BCUT2D eigenvalue weighted by atomic mass is 16.2. The number of hydrogen-bond donors (Lipinski definition) is 2. The highest BCUT2D eigenvalue weighted by molar-refractivity contribution is 5.80. The summed E-state index contributed by atoms with van der Waals surface area (Å²) in [5, 5.41) is 2.93. The van der Waals surface area contributed by atoms with Crippen LogP contribution >= 0.6 is 0 Å². The standard InChI is InChI=1S/C14H29N3O/c1-11(2)4-7-17-8-5-13(6-9-17)10-16-14(18)12(3)15/h11-13H,4-10,15H2,1-3H3,(H,16,18). The van der Waals surface area contributed by atoms with E-state index in [0.29, 0.717) is 5.92 Å². The van der Waals surface area contributed by atoms with Gasteiger partial charge in [-0.2, -0.15) is 0 Å². The Morgan fingerprint density at radius 1 is 1.33 bits per heavy atom.